The lowest BCUT2D eigenvalue weighted by molar-refractivity contribution is -0.950. The van der Waals surface area contributed by atoms with Crippen molar-refractivity contribution in [2.24, 2.45) is 5.92 Å². The topological polar surface area (TPSA) is 87.0 Å². The second-order valence-electron chi connectivity index (χ2n) is 9.77. The summed E-state index contributed by atoms with van der Waals surface area (Å²) < 4.78 is 6.82. The number of hydrogen-bond donors (Lipinski definition) is 3. The van der Waals surface area contributed by atoms with Crippen LogP contribution in [0.2, 0.25) is 0 Å². The molecule has 0 radical (unpaired) electrons. The van der Waals surface area contributed by atoms with Gasteiger partial charge in [0.1, 0.15) is 11.6 Å². The highest BCUT2D eigenvalue weighted by Gasteiger charge is 2.76. The number of rotatable bonds is 2. The Morgan fingerprint density at radius 2 is 2.07 bits per heavy atom. The zero-order chi connectivity index (χ0) is 18.8. The first-order chi connectivity index (χ1) is 12.8. The number of hydrogen-bond acceptors (Lipinski definition) is 5. The van der Waals surface area contributed by atoms with Gasteiger partial charge in [0.25, 0.3) is 0 Å². The minimum absolute atomic E-state index is 0.000314. The summed E-state index contributed by atoms with van der Waals surface area (Å²) in [5.74, 6) is 0.455. The molecule has 6 heteroatoms. The van der Waals surface area contributed by atoms with Gasteiger partial charge in [-0.05, 0) is 30.9 Å². The Bertz CT molecular complexity index is 895. The molecular weight excluding hydrogens is 346 g/mol. The van der Waals surface area contributed by atoms with Gasteiger partial charge in [-0.1, -0.05) is 0 Å². The zero-order valence-corrected chi connectivity index (χ0v) is 15.6. The van der Waals surface area contributed by atoms with E-state index in [0.29, 0.717) is 25.7 Å². The largest absolute Gasteiger partial charge is 0.504 e. The van der Waals surface area contributed by atoms with Crippen molar-refractivity contribution in [1.82, 2.24) is 0 Å². The quantitative estimate of drug-likeness (QED) is 0.539. The zero-order valence-electron chi connectivity index (χ0n) is 15.6. The van der Waals surface area contributed by atoms with Crippen molar-refractivity contribution in [3.63, 3.8) is 0 Å². The number of piperidine rings is 1. The van der Waals surface area contributed by atoms with E-state index >= 15 is 0 Å². The predicted octanol–water partition coefficient (Wildman–Crippen LogP) is 1.38. The van der Waals surface area contributed by atoms with Crippen molar-refractivity contribution in [2.45, 2.75) is 61.7 Å². The summed E-state index contributed by atoms with van der Waals surface area (Å²) in [5.41, 5.74) is -0.100. The van der Waals surface area contributed by atoms with Crippen LogP contribution in [0.25, 0.3) is 0 Å². The molecule has 1 saturated heterocycles. The molecule has 1 spiro atoms. The molecule has 0 amide bonds. The molecule has 0 unspecified atom stereocenters. The van der Waals surface area contributed by atoms with Gasteiger partial charge in [-0.25, -0.2) is 0 Å². The van der Waals surface area contributed by atoms with E-state index in [0.717, 1.165) is 34.6 Å². The number of phenols is 2. The third-order valence-electron chi connectivity index (χ3n) is 8.37. The maximum Gasteiger partial charge on any atom is 0.200 e. The molecule has 3 aliphatic carbocycles. The molecule has 2 heterocycles. The van der Waals surface area contributed by atoms with E-state index in [1.807, 2.05) is 0 Å². The van der Waals surface area contributed by atoms with Gasteiger partial charge in [-0.15, -0.1) is 0 Å². The Balaban J connectivity index is 1.62. The van der Waals surface area contributed by atoms with Gasteiger partial charge >= 0.3 is 0 Å². The third-order valence-corrected chi connectivity index (χ3v) is 8.37. The predicted molar refractivity (Wildman–Crippen MR) is 95.8 cm³/mol. The summed E-state index contributed by atoms with van der Waals surface area (Å²) in [6, 6.07) is 1.61. The van der Waals surface area contributed by atoms with Crippen LogP contribution in [0.3, 0.4) is 0 Å². The number of carbonyl (C=O) groups is 1. The fourth-order valence-corrected chi connectivity index (χ4v) is 7.00. The van der Waals surface area contributed by atoms with Crippen LogP contribution >= 0.6 is 0 Å². The molecule has 5 aliphatic rings. The smallest absolute Gasteiger partial charge is 0.200 e. The standard InChI is InChI=1S/C21H25NO5/c1-22(10-11-2-3-11)7-6-20-16-12-8-14(24)17(25)18(16)27-19(20)13(23)4-5-21(20,26)15(22)9-12/h8,11,15,19,26H,2-7,9-10H2,1H3,(H-,24,25)/p+1/t15-,19-,20-,21+,22+/m0/s1. The van der Waals surface area contributed by atoms with Gasteiger partial charge in [0.2, 0.25) is 5.75 Å². The summed E-state index contributed by atoms with van der Waals surface area (Å²) in [7, 11) is 2.25. The third kappa shape index (κ3) is 1.68. The second kappa shape index (κ2) is 4.61. The number of nitrogens with zero attached hydrogens (tertiary/aromatic N) is 1. The van der Waals surface area contributed by atoms with E-state index in [2.05, 4.69) is 7.05 Å². The lowest BCUT2D eigenvalue weighted by Gasteiger charge is -2.64. The number of likely N-dealkylation sites (tertiary alicyclic amines) is 1. The lowest BCUT2D eigenvalue weighted by atomic mass is 9.48. The Hall–Kier alpha value is -1.79. The van der Waals surface area contributed by atoms with E-state index in [-0.39, 0.29) is 29.1 Å². The molecule has 3 N–H and O–H groups in total. The number of ketones is 1. The van der Waals surface area contributed by atoms with E-state index in [1.54, 1.807) is 6.07 Å². The van der Waals surface area contributed by atoms with E-state index < -0.39 is 17.1 Å². The molecule has 2 aliphatic heterocycles. The van der Waals surface area contributed by atoms with E-state index in [1.165, 1.54) is 12.8 Å². The van der Waals surface area contributed by atoms with Crippen LogP contribution in [-0.2, 0) is 16.6 Å². The Morgan fingerprint density at radius 3 is 2.81 bits per heavy atom. The number of benzene rings is 1. The Labute approximate surface area is 158 Å². The van der Waals surface area contributed by atoms with Crippen LogP contribution < -0.4 is 4.74 Å². The molecule has 3 fully saturated rings. The van der Waals surface area contributed by atoms with Gasteiger partial charge in [0, 0.05) is 30.7 Å². The molecule has 2 saturated carbocycles. The van der Waals surface area contributed by atoms with Crippen LogP contribution in [0.4, 0.5) is 0 Å². The average molecular weight is 372 g/mol. The Kier molecular flexibility index (Phi) is 2.76. The number of phenolic OH excluding ortho intramolecular Hbond substituents is 2. The van der Waals surface area contributed by atoms with Gasteiger partial charge in [0.05, 0.1) is 25.6 Å². The van der Waals surface area contributed by atoms with Gasteiger partial charge in [-0.3, -0.25) is 4.79 Å². The van der Waals surface area contributed by atoms with Crippen molar-refractivity contribution >= 4 is 5.78 Å². The van der Waals surface area contributed by atoms with Crippen molar-refractivity contribution in [3.8, 4) is 17.2 Å². The number of ether oxygens (including phenoxy) is 1. The fraction of sp³-hybridized carbons (Fsp3) is 0.667. The molecule has 1 aromatic carbocycles. The van der Waals surface area contributed by atoms with Crippen LogP contribution in [0.15, 0.2) is 6.07 Å². The molecule has 144 valence electrons. The molecular formula is C21H26NO5+. The van der Waals surface area contributed by atoms with Crippen molar-refractivity contribution in [2.75, 3.05) is 20.1 Å². The number of Topliss-reactive ketones (excluding diaryl/α,β-unsaturated/α-hetero) is 1. The Morgan fingerprint density at radius 1 is 1.30 bits per heavy atom. The number of quaternary nitrogens is 1. The highest BCUT2D eigenvalue weighted by Crippen LogP contribution is 2.66. The molecule has 5 atom stereocenters. The maximum absolute atomic E-state index is 12.8. The molecule has 6 nitrogen and oxygen atoms in total. The number of carbonyl (C=O) groups excluding carboxylic acids is 1. The molecule has 2 bridgehead atoms. The first kappa shape index (κ1) is 16.2. The van der Waals surface area contributed by atoms with Crippen molar-refractivity contribution in [3.05, 3.63) is 17.2 Å². The summed E-state index contributed by atoms with van der Waals surface area (Å²) in [6.45, 7) is 1.96. The highest BCUT2D eigenvalue weighted by molar-refractivity contribution is 5.90. The summed E-state index contributed by atoms with van der Waals surface area (Å²) in [4.78, 5) is 12.8. The number of aliphatic hydroxyl groups is 1. The first-order valence-corrected chi connectivity index (χ1v) is 10.1. The molecule has 27 heavy (non-hydrogen) atoms. The molecule has 1 aromatic rings. The van der Waals surface area contributed by atoms with Crippen LogP contribution in [-0.4, -0.2) is 63.5 Å². The molecule has 0 aromatic heterocycles. The molecule has 6 rings (SSSR count). The number of likely N-dealkylation sites (N-methyl/N-ethyl adjacent to an activating group) is 1. The lowest BCUT2D eigenvalue weighted by Crippen LogP contribution is -2.80. The van der Waals surface area contributed by atoms with Crippen molar-refractivity contribution in [1.29, 1.82) is 0 Å². The first-order valence-electron chi connectivity index (χ1n) is 10.1. The van der Waals surface area contributed by atoms with Gasteiger partial charge in [0.15, 0.2) is 23.4 Å². The normalized spacial score (nSPS) is 44.0. The van der Waals surface area contributed by atoms with Gasteiger partial charge in [-0.2, -0.15) is 0 Å². The minimum atomic E-state index is -1.02. The highest BCUT2D eigenvalue weighted by atomic mass is 16.5. The fourth-order valence-electron chi connectivity index (χ4n) is 7.00. The van der Waals surface area contributed by atoms with E-state index in [9.17, 15) is 20.1 Å². The maximum atomic E-state index is 12.8. The summed E-state index contributed by atoms with van der Waals surface area (Å²) in [5, 5.41) is 32.8. The van der Waals surface area contributed by atoms with Crippen LogP contribution in [0.5, 0.6) is 17.2 Å². The van der Waals surface area contributed by atoms with Crippen LogP contribution in [0, 0.1) is 5.92 Å². The monoisotopic (exact) mass is 372 g/mol. The van der Waals surface area contributed by atoms with Gasteiger partial charge < -0.3 is 24.5 Å². The summed E-state index contributed by atoms with van der Waals surface area (Å²) >= 11 is 0. The SMILES string of the molecule is C[N@+]1(CC2CC2)CC[C@]23c4c5cc(O)c(O)c4O[C@H]2C(=O)CC[C@@]3(O)[C@@H]1C5. The van der Waals surface area contributed by atoms with E-state index in [4.69, 9.17) is 4.74 Å². The van der Waals surface area contributed by atoms with Crippen LogP contribution in [0.1, 0.15) is 43.2 Å². The van der Waals surface area contributed by atoms with Crippen molar-refractivity contribution < 1.29 is 29.3 Å². The number of aromatic hydroxyl groups is 2. The summed E-state index contributed by atoms with van der Waals surface area (Å²) in [6.07, 6.45) is 3.85. The average Bonchev–Trinajstić information content (AvgIpc) is 3.34. The minimum Gasteiger partial charge on any atom is -0.504 e. The second-order valence-corrected chi connectivity index (χ2v) is 9.77.